The largest absolute Gasteiger partial charge is 0.295 e. The highest BCUT2D eigenvalue weighted by atomic mass is 32.2. The van der Waals surface area contributed by atoms with Gasteiger partial charge in [0, 0.05) is 11.3 Å². The van der Waals surface area contributed by atoms with Crippen LogP contribution < -0.4 is 0 Å². The van der Waals surface area contributed by atoms with Crippen LogP contribution in [0, 0.1) is 0 Å². The zero-order valence-corrected chi connectivity index (χ0v) is 10.5. The maximum absolute atomic E-state index is 11.1. The van der Waals surface area contributed by atoms with Crippen LogP contribution in [0.3, 0.4) is 0 Å². The summed E-state index contributed by atoms with van der Waals surface area (Å²) < 4.78 is 0. The highest BCUT2D eigenvalue weighted by Crippen LogP contribution is 2.33. The molecule has 0 spiro atoms. The van der Waals surface area contributed by atoms with E-state index in [9.17, 15) is 4.79 Å². The van der Waals surface area contributed by atoms with Crippen LogP contribution in [-0.4, -0.2) is 5.78 Å². The van der Waals surface area contributed by atoms with E-state index >= 15 is 0 Å². The van der Waals surface area contributed by atoms with Crippen LogP contribution in [0.15, 0.2) is 40.1 Å². The molecular weight excluding hydrogens is 216 g/mol. The molecule has 84 valence electrons. The Hall–Kier alpha value is -1.02. The average molecular weight is 232 g/mol. The van der Waals surface area contributed by atoms with Crippen molar-refractivity contribution in [2.24, 2.45) is 0 Å². The van der Waals surface area contributed by atoms with Gasteiger partial charge in [-0.15, -0.1) is 0 Å². The second-order valence-corrected chi connectivity index (χ2v) is 5.60. The Morgan fingerprint density at radius 2 is 1.81 bits per heavy atom. The van der Waals surface area contributed by atoms with E-state index in [2.05, 4.69) is 38.1 Å². The minimum Gasteiger partial charge on any atom is -0.295 e. The Bertz CT molecular complexity index is 415. The molecule has 0 atom stereocenters. The molecule has 0 saturated carbocycles. The van der Waals surface area contributed by atoms with Crippen molar-refractivity contribution in [1.82, 2.24) is 0 Å². The highest BCUT2D eigenvalue weighted by molar-refractivity contribution is 8.03. The standard InChI is InChI=1S/C14H16OS/c1-10(2)11-3-6-13(7-4-11)16-14-8-5-12(15)9-14/h3-4,6-7,9-10H,5,8H2,1-2H3. The van der Waals surface area contributed by atoms with E-state index in [4.69, 9.17) is 0 Å². The first-order valence-corrected chi connectivity index (χ1v) is 6.48. The minimum atomic E-state index is 0.265. The van der Waals surface area contributed by atoms with Crippen LogP contribution in [0.4, 0.5) is 0 Å². The fourth-order valence-corrected chi connectivity index (χ4v) is 2.69. The van der Waals surface area contributed by atoms with Crippen molar-refractivity contribution < 1.29 is 4.79 Å². The molecular formula is C14H16OS. The lowest BCUT2D eigenvalue weighted by Gasteiger charge is -2.06. The minimum absolute atomic E-state index is 0.265. The van der Waals surface area contributed by atoms with E-state index in [1.807, 2.05) is 0 Å². The third kappa shape index (κ3) is 2.76. The van der Waals surface area contributed by atoms with Gasteiger partial charge in [0.15, 0.2) is 5.78 Å². The van der Waals surface area contributed by atoms with Crippen LogP contribution in [-0.2, 0) is 4.79 Å². The summed E-state index contributed by atoms with van der Waals surface area (Å²) in [6, 6.07) is 8.63. The molecule has 0 amide bonds. The molecule has 0 fully saturated rings. The molecule has 0 N–H and O–H groups in total. The molecule has 0 unspecified atom stereocenters. The first kappa shape index (κ1) is 11.5. The summed E-state index contributed by atoms with van der Waals surface area (Å²) in [6.45, 7) is 4.39. The van der Waals surface area contributed by atoms with Crippen molar-refractivity contribution in [1.29, 1.82) is 0 Å². The normalized spacial score (nSPS) is 15.7. The van der Waals surface area contributed by atoms with Crippen LogP contribution in [0.2, 0.25) is 0 Å². The molecule has 2 heteroatoms. The van der Waals surface area contributed by atoms with Crippen LogP contribution in [0.25, 0.3) is 0 Å². The van der Waals surface area contributed by atoms with Crippen molar-refractivity contribution in [3.63, 3.8) is 0 Å². The van der Waals surface area contributed by atoms with Gasteiger partial charge in [-0.2, -0.15) is 0 Å². The molecule has 0 radical (unpaired) electrons. The van der Waals surface area contributed by atoms with Gasteiger partial charge >= 0.3 is 0 Å². The fourth-order valence-electron chi connectivity index (χ4n) is 1.72. The zero-order chi connectivity index (χ0) is 11.5. The number of hydrogen-bond acceptors (Lipinski definition) is 2. The third-order valence-electron chi connectivity index (χ3n) is 2.74. The fraction of sp³-hybridized carbons (Fsp3) is 0.357. The van der Waals surface area contributed by atoms with Crippen LogP contribution in [0.1, 0.15) is 38.2 Å². The molecule has 0 aromatic heterocycles. The Balaban J connectivity index is 2.05. The van der Waals surface area contributed by atoms with Gasteiger partial charge in [0.05, 0.1) is 0 Å². The molecule has 0 saturated heterocycles. The number of carbonyl (C=O) groups excluding carboxylic acids is 1. The zero-order valence-electron chi connectivity index (χ0n) is 9.69. The van der Waals surface area contributed by atoms with E-state index in [0.29, 0.717) is 12.3 Å². The number of hydrogen-bond donors (Lipinski definition) is 0. The van der Waals surface area contributed by atoms with Gasteiger partial charge in [-0.25, -0.2) is 0 Å². The second kappa shape index (κ2) is 4.88. The van der Waals surface area contributed by atoms with Crippen molar-refractivity contribution in [3.05, 3.63) is 40.8 Å². The van der Waals surface area contributed by atoms with Gasteiger partial charge in [-0.3, -0.25) is 4.79 Å². The Kier molecular flexibility index (Phi) is 3.49. The molecule has 2 rings (SSSR count). The first-order chi connectivity index (χ1) is 7.65. The number of benzene rings is 1. The number of thioether (sulfide) groups is 1. The maximum atomic E-state index is 11.1. The van der Waals surface area contributed by atoms with Gasteiger partial charge in [-0.1, -0.05) is 37.7 Å². The predicted octanol–water partition coefficient (Wildman–Crippen LogP) is 4.15. The van der Waals surface area contributed by atoms with Gasteiger partial charge in [0.1, 0.15) is 0 Å². The Labute approximate surface area is 101 Å². The summed E-state index contributed by atoms with van der Waals surface area (Å²) in [5.41, 5.74) is 1.36. The molecule has 1 aliphatic rings. The van der Waals surface area contributed by atoms with Crippen molar-refractivity contribution >= 4 is 17.5 Å². The van der Waals surface area contributed by atoms with Crippen LogP contribution in [0.5, 0.6) is 0 Å². The SMILES string of the molecule is CC(C)c1ccc(SC2=CC(=O)CC2)cc1. The second-order valence-electron chi connectivity index (χ2n) is 4.40. The van der Waals surface area contributed by atoms with Gasteiger partial charge < -0.3 is 0 Å². The smallest absolute Gasteiger partial charge is 0.156 e. The number of rotatable bonds is 3. The molecule has 0 heterocycles. The number of ketones is 1. The number of carbonyl (C=O) groups is 1. The number of allylic oxidation sites excluding steroid dienone is 2. The van der Waals surface area contributed by atoms with E-state index < -0.39 is 0 Å². The predicted molar refractivity (Wildman–Crippen MR) is 68.7 cm³/mol. The van der Waals surface area contributed by atoms with E-state index in [1.165, 1.54) is 15.4 Å². The third-order valence-corrected chi connectivity index (χ3v) is 3.83. The molecule has 16 heavy (non-hydrogen) atoms. The average Bonchev–Trinajstić information content (AvgIpc) is 2.65. The van der Waals surface area contributed by atoms with Crippen molar-refractivity contribution in [3.8, 4) is 0 Å². The molecule has 1 aliphatic carbocycles. The molecule has 1 aromatic rings. The van der Waals surface area contributed by atoms with E-state index in [1.54, 1.807) is 17.8 Å². The Morgan fingerprint density at radius 3 is 2.31 bits per heavy atom. The summed E-state index contributed by atoms with van der Waals surface area (Å²) in [6.07, 6.45) is 3.38. The lowest BCUT2D eigenvalue weighted by molar-refractivity contribution is -0.114. The van der Waals surface area contributed by atoms with Crippen molar-refractivity contribution in [2.75, 3.05) is 0 Å². The molecule has 0 aliphatic heterocycles. The lowest BCUT2D eigenvalue weighted by atomic mass is 10.0. The first-order valence-electron chi connectivity index (χ1n) is 5.66. The molecule has 1 aromatic carbocycles. The van der Waals surface area contributed by atoms with Gasteiger partial charge in [0.2, 0.25) is 0 Å². The summed E-state index contributed by atoms with van der Waals surface area (Å²) in [5.74, 6) is 0.840. The topological polar surface area (TPSA) is 17.1 Å². The van der Waals surface area contributed by atoms with E-state index in [0.717, 1.165) is 6.42 Å². The van der Waals surface area contributed by atoms with Gasteiger partial charge in [0.25, 0.3) is 0 Å². The monoisotopic (exact) mass is 232 g/mol. The summed E-state index contributed by atoms with van der Waals surface area (Å²) in [5, 5.41) is 0. The van der Waals surface area contributed by atoms with E-state index in [-0.39, 0.29) is 5.78 Å². The summed E-state index contributed by atoms with van der Waals surface area (Å²) in [4.78, 5) is 13.5. The molecule has 1 nitrogen and oxygen atoms in total. The summed E-state index contributed by atoms with van der Waals surface area (Å²) in [7, 11) is 0. The maximum Gasteiger partial charge on any atom is 0.156 e. The lowest BCUT2D eigenvalue weighted by Crippen LogP contribution is -1.85. The molecule has 0 bridgehead atoms. The van der Waals surface area contributed by atoms with Gasteiger partial charge in [-0.05, 0) is 41.0 Å². The van der Waals surface area contributed by atoms with Crippen molar-refractivity contribution in [2.45, 2.75) is 37.5 Å². The Morgan fingerprint density at radius 1 is 1.12 bits per heavy atom. The van der Waals surface area contributed by atoms with Crippen LogP contribution >= 0.6 is 11.8 Å². The highest BCUT2D eigenvalue weighted by Gasteiger charge is 2.12. The quantitative estimate of drug-likeness (QED) is 0.778. The summed E-state index contributed by atoms with van der Waals surface area (Å²) >= 11 is 1.72.